The van der Waals surface area contributed by atoms with Crippen molar-refractivity contribution in [3.05, 3.63) is 48.2 Å². The summed E-state index contributed by atoms with van der Waals surface area (Å²) in [5.41, 5.74) is 0.184. The fourth-order valence-corrected chi connectivity index (χ4v) is 1.68. The largest absolute Gasteiger partial charge is 0.478 e. The minimum absolute atomic E-state index is 0.184. The first kappa shape index (κ1) is 12.1. The molecule has 0 fully saturated rings. The molecule has 0 spiro atoms. The van der Waals surface area contributed by atoms with E-state index < -0.39 is 5.97 Å². The molecule has 18 heavy (non-hydrogen) atoms. The van der Waals surface area contributed by atoms with Gasteiger partial charge in [0.1, 0.15) is 6.61 Å². The topological polar surface area (TPSA) is 59.4 Å². The standard InChI is InChI=1S/C14H13NO3/c1-2-3-8-18-13-11-7-5-4-6-10(11)12(9-15-13)14(16)17/h2-7,9H,8H2,1H3,(H,16,17)/b3-2+. The normalized spacial score (nSPS) is 10.9. The molecule has 2 aromatic rings. The lowest BCUT2D eigenvalue weighted by atomic mass is 10.1. The molecule has 0 atom stereocenters. The molecule has 0 bridgehead atoms. The zero-order chi connectivity index (χ0) is 13.0. The van der Waals surface area contributed by atoms with Gasteiger partial charge in [-0.15, -0.1) is 0 Å². The molecule has 1 N–H and O–H groups in total. The number of aromatic nitrogens is 1. The highest BCUT2D eigenvalue weighted by Gasteiger charge is 2.12. The van der Waals surface area contributed by atoms with Crippen LogP contribution in [0, 0.1) is 0 Å². The first-order chi connectivity index (χ1) is 8.74. The first-order valence-corrected chi connectivity index (χ1v) is 5.59. The molecule has 0 radical (unpaired) electrons. The van der Waals surface area contributed by atoms with Crippen molar-refractivity contribution >= 4 is 16.7 Å². The average Bonchev–Trinajstić information content (AvgIpc) is 2.38. The number of rotatable bonds is 4. The SMILES string of the molecule is C/C=C/COc1ncc(C(=O)O)c2ccccc12. The van der Waals surface area contributed by atoms with E-state index in [9.17, 15) is 4.79 Å². The molecule has 0 saturated heterocycles. The molecular formula is C14H13NO3. The van der Waals surface area contributed by atoms with Gasteiger partial charge in [-0.1, -0.05) is 30.4 Å². The van der Waals surface area contributed by atoms with Gasteiger partial charge in [0.2, 0.25) is 5.88 Å². The van der Waals surface area contributed by atoms with Crippen LogP contribution in [0.4, 0.5) is 0 Å². The fourth-order valence-electron chi connectivity index (χ4n) is 1.68. The van der Waals surface area contributed by atoms with Crippen LogP contribution < -0.4 is 4.74 Å². The molecule has 1 aromatic carbocycles. The molecular weight excluding hydrogens is 230 g/mol. The van der Waals surface area contributed by atoms with Crippen LogP contribution in [0.5, 0.6) is 5.88 Å². The van der Waals surface area contributed by atoms with Crippen LogP contribution >= 0.6 is 0 Å². The summed E-state index contributed by atoms with van der Waals surface area (Å²) in [5.74, 6) is -0.535. The number of carbonyl (C=O) groups is 1. The van der Waals surface area contributed by atoms with E-state index in [1.54, 1.807) is 18.2 Å². The van der Waals surface area contributed by atoms with Gasteiger partial charge in [-0.3, -0.25) is 0 Å². The second-order valence-electron chi connectivity index (χ2n) is 3.71. The minimum Gasteiger partial charge on any atom is -0.478 e. The minimum atomic E-state index is -0.987. The fraction of sp³-hybridized carbons (Fsp3) is 0.143. The van der Waals surface area contributed by atoms with Crippen molar-refractivity contribution in [2.24, 2.45) is 0 Å². The van der Waals surface area contributed by atoms with Crippen molar-refractivity contribution in [1.29, 1.82) is 0 Å². The predicted molar refractivity (Wildman–Crippen MR) is 69.0 cm³/mol. The number of carboxylic acid groups (broad SMARTS) is 1. The van der Waals surface area contributed by atoms with Crippen LogP contribution in [0.3, 0.4) is 0 Å². The summed E-state index contributed by atoms with van der Waals surface area (Å²) in [5, 5.41) is 10.4. The summed E-state index contributed by atoms with van der Waals surface area (Å²) in [4.78, 5) is 15.2. The zero-order valence-corrected chi connectivity index (χ0v) is 9.96. The number of aromatic carboxylic acids is 1. The number of fused-ring (bicyclic) bond motifs is 1. The molecule has 0 aliphatic heterocycles. The van der Waals surface area contributed by atoms with Gasteiger partial charge in [-0.2, -0.15) is 0 Å². The Morgan fingerprint density at radius 1 is 1.39 bits per heavy atom. The van der Waals surface area contributed by atoms with Crippen LogP contribution in [-0.2, 0) is 0 Å². The Bertz CT molecular complexity index is 605. The number of hydrogen-bond acceptors (Lipinski definition) is 3. The van der Waals surface area contributed by atoms with Gasteiger partial charge in [0.05, 0.1) is 5.56 Å². The van der Waals surface area contributed by atoms with Gasteiger partial charge in [-0.25, -0.2) is 9.78 Å². The van der Waals surface area contributed by atoms with E-state index in [1.807, 2.05) is 25.1 Å². The third-order valence-corrected chi connectivity index (χ3v) is 2.54. The molecule has 2 rings (SSSR count). The Labute approximate surface area is 105 Å². The summed E-state index contributed by atoms with van der Waals surface area (Å²) >= 11 is 0. The van der Waals surface area contributed by atoms with Crippen molar-refractivity contribution in [3.63, 3.8) is 0 Å². The highest BCUT2D eigenvalue weighted by molar-refractivity contribution is 6.04. The third kappa shape index (κ3) is 2.32. The number of ether oxygens (including phenoxy) is 1. The molecule has 0 unspecified atom stereocenters. The van der Waals surface area contributed by atoms with E-state index in [1.165, 1.54) is 6.20 Å². The van der Waals surface area contributed by atoms with Gasteiger partial charge in [0.25, 0.3) is 0 Å². The van der Waals surface area contributed by atoms with Crippen LogP contribution in [-0.4, -0.2) is 22.7 Å². The molecule has 1 heterocycles. The summed E-state index contributed by atoms with van der Waals surface area (Å²) < 4.78 is 5.50. The number of allylic oxidation sites excluding steroid dienone is 1. The van der Waals surface area contributed by atoms with E-state index in [2.05, 4.69) is 4.98 Å². The Morgan fingerprint density at radius 3 is 2.78 bits per heavy atom. The van der Waals surface area contributed by atoms with Gasteiger partial charge in [0.15, 0.2) is 0 Å². The molecule has 92 valence electrons. The predicted octanol–water partition coefficient (Wildman–Crippen LogP) is 2.89. The molecule has 4 heteroatoms. The van der Waals surface area contributed by atoms with E-state index in [0.717, 1.165) is 0 Å². The van der Waals surface area contributed by atoms with E-state index >= 15 is 0 Å². The lowest BCUT2D eigenvalue weighted by Gasteiger charge is -2.08. The second-order valence-corrected chi connectivity index (χ2v) is 3.71. The number of pyridine rings is 1. The zero-order valence-electron chi connectivity index (χ0n) is 9.96. The Kier molecular flexibility index (Phi) is 3.57. The van der Waals surface area contributed by atoms with Crippen LogP contribution in [0.2, 0.25) is 0 Å². The van der Waals surface area contributed by atoms with Crippen molar-refractivity contribution in [1.82, 2.24) is 4.98 Å². The molecule has 0 aliphatic carbocycles. The highest BCUT2D eigenvalue weighted by atomic mass is 16.5. The van der Waals surface area contributed by atoms with Crippen LogP contribution in [0.15, 0.2) is 42.6 Å². The van der Waals surface area contributed by atoms with Gasteiger partial charge in [-0.05, 0) is 13.0 Å². The quantitative estimate of drug-likeness (QED) is 0.839. The van der Waals surface area contributed by atoms with Crippen molar-refractivity contribution in [2.75, 3.05) is 6.61 Å². The smallest absolute Gasteiger partial charge is 0.337 e. The van der Waals surface area contributed by atoms with Crippen molar-refractivity contribution < 1.29 is 14.6 Å². The Balaban J connectivity index is 2.50. The van der Waals surface area contributed by atoms with Gasteiger partial charge in [0, 0.05) is 17.0 Å². The number of nitrogens with zero attached hydrogens (tertiary/aromatic N) is 1. The summed E-state index contributed by atoms with van der Waals surface area (Å²) in [6.45, 7) is 2.32. The number of hydrogen-bond donors (Lipinski definition) is 1. The molecule has 4 nitrogen and oxygen atoms in total. The van der Waals surface area contributed by atoms with Gasteiger partial charge >= 0.3 is 5.97 Å². The maximum atomic E-state index is 11.1. The monoisotopic (exact) mass is 243 g/mol. The third-order valence-electron chi connectivity index (χ3n) is 2.54. The highest BCUT2D eigenvalue weighted by Crippen LogP contribution is 2.26. The number of benzene rings is 1. The van der Waals surface area contributed by atoms with Gasteiger partial charge < -0.3 is 9.84 Å². The maximum Gasteiger partial charge on any atom is 0.337 e. The first-order valence-electron chi connectivity index (χ1n) is 5.59. The number of carboxylic acids is 1. The molecule has 0 amide bonds. The van der Waals surface area contributed by atoms with E-state index in [0.29, 0.717) is 23.3 Å². The van der Waals surface area contributed by atoms with Crippen molar-refractivity contribution in [2.45, 2.75) is 6.92 Å². The van der Waals surface area contributed by atoms with Crippen molar-refractivity contribution in [3.8, 4) is 5.88 Å². The Morgan fingerprint density at radius 2 is 2.11 bits per heavy atom. The average molecular weight is 243 g/mol. The molecule has 0 aliphatic rings. The second kappa shape index (κ2) is 5.31. The van der Waals surface area contributed by atoms with Crippen LogP contribution in [0.25, 0.3) is 10.8 Å². The van der Waals surface area contributed by atoms with E-state index in [-0.39, 0.29) is 5.56 Å². The summed E-state index contributed by atoms with van der Waals surface area (Å²) in [6, 6.07) is 7.19. The lowest BCUT2D eigenvalue weighted by molar-refractivity contribution is 0.0698. The summed E-state index contributed by atoms with van der Waals surface area (Å²) in [7, 11) is 0. The van der Waals surface area contributed by atoms with E-state index in [4.69, 9.17) is 9.84 Å². The molecule has 0 saturated carbocycles. The summed E-state index contributed by atoms with van der Waals surface area (Å²) in [6.07, 6.45) is 5.07. The maximum absolute atomic E-state index is 11.1. The Hall–Kier alpha value is -2.36. The van der Waals surface area contributed by atoms with Crippen LogP contribution in [0.1, 0.15) is 17.3 Å². The molecule has 1 aromatic heterocycles. The lowest BCUT2D eigenvalue weighted by Crippen LogP contribution is -2.02.